The molecule has 7 heteroatoms. The summed E-state index contributed by atoms with van der Waals surface area (Å²) in [6.45, 7) is 6.69. The molecular formula is C16H26BrN3O3. The Labute approximate surface area is 146 Å². The molecule has 1 aliphatic rings. The van der Waals surface area contributed by atoms with Gasteiger partial charge in [0.05, 0.1) is 0 Å². The lowest BCUT2D eigenvalue weighted by Gasteiger charge is -2.34. The number of hydrogen-bond donors (Lipinski definition) is 1. The van der Waals surface area contributed by atoms with Gasteiger partial charge in [-0.25, -0.2) is 9.78 Å². The van der Waals surface area contributed by atoms with Crippen molar-refractivity contribution in [3.63, 3.8) is 0 Å². The van der Waals surface area contributed by atoms with Crippen LogP contribution < -0.4 is 0 Å². The number of carbonyl (C=O) groups excluding carboxylic acids is 1. The Bertz CT molecular complexity index is 567. The highest BCUT2D eigenvalue weighted by Crippen LogP contribution is 2.32. The first-order valence-electron chi connectivity index (χ1n) is 8.00. The maximum atomic E-state index is 12.3. The number of rotatable bonds is 1. The van der Waals surface area contributed by atoms with Crippen molar-refractivity contribution in [1.82, 2.24) is 14.5 Å². The Morgan fingerprint density at radius 1 is 1.35 bits per heavy atom. The average molecular weight is 388 g/mol. The fraction of sp³-hybridized carbons (Fsp3) is 0.750. The summed E-state index contributed by atoms with van der Waals surface area (Å²) in [5.41, 5.74) is -1.54. The van der Waals surface area contributed by atoms with Crippen molar-refractivity contribution in [2.45, 2.75) is 57.7 Å². The van der Waals surface area contributed by atoms with Gasteiger partial charge in [0.1, 0.15) is 21.6 Å². The summed E-state index contributed by atoms with van der Waals surface area (Å²) < 4.78 is 7.99. The lowest BCUT2D eigenvalue weighted by atomic mass is 9.90. The zero-order chi connectivity index (χ0) is 17.3. The number of imidazole rings is 1. The molecule has 2 rings (SSSR count). The van der Waals surface area contributed by atoms with Crippen molar-refractivity contribution in [2.24, 2.45) is 7.05 Å². The van der Waals surface area contributed by atoms with E-state index in [1.165, 1.54) is 0 Å². The largest absolute Gasteiger partial charge is 0.444 e. The van der Waals surface area contributed by atoms with Gasteiger partial charge < -0.3 is 19.3 Å². The van der Waals surface area contributed by atoms with E-state index in [1.54, 1.807) is 4.90 Å². The monoisotopic (exact) mass is 387 g/mol. The summed E-state index contributed by atoms with van der Waals surface area (Å²) in [6.07, 6.45) is 4.28. The molecular weight excluding hydrogens is 362 g/mol. The van der Waals surface area contributed by atoms with Crippen LogP contribution in [-0.4, -0.2) is 44.3 Å². The molecule has 0 bridgehead atoms. The third-order valence-electron chi connectivity index (χ3n) is 3.98. The Morgan fingerprint density at radius 3 is 2.61 bits per heavy atom. The molecule has 130 valence electrons. The van der Waals surface area contributed by atoms with Crippen LogP contribution in [0.2, 0.25) is 0 Å². The summed E-state index contributed by atoms with van der Waals surface area (Å²) in [6, 6.07) is 0. The third kappa shape index (κ3) is 4.70. The minimum Gasteiger partial charge on any atom is -0.444 e. The van der Waals surface area contributed by atoms with Crippen LogP contribution in [0.25, 0.3) is 0 Å². The topological polar surface area (TPSA) is 67.6 Å². The van der Waals surface area contributed by atoms with Gasteiger partial charge in [-0.1, -0.05) is 0 Å². The van der Waals surface area contributed by atoms with E-state index in [-0.39, 0.29) is 6.09 Å². The molecule has 1 aromatic heterocycles. The number of amides is 1. The molecule has 23 heavy (non-hydrogen) atoms. The predicted octanol–water partition coefficient (Wildman–Crippen LogP) is 3.18. The van der Waals surface area contributed by atoms with Crippen molar-refractivity contribution in [3.8, 4) is 0 Å². The second kappa shape index (κ2) is 6.81. The molecule has 0 radical (unpaired) electrons. The van der Waals surface area contributed by atoms with Gasteiger partial charge in [-0.3, -0.25) is 0 Å². The third-order valence-corrected chi connectivity index (χ3v) is 4.36. The normalized spacial score (nSPS) is 23.3. The first kappa shape index (κ1) is 18.3. The van der Waals surface area contributed by atoms with Gasteiger partial charge >= 0.3 is 6.09 Å². The van der Waals surface area contributed by atoms with E-state index in [1.807, 2.05) is 38.6 Å². The van der Waals surface area contributed by atoms with E-state index in [2.05, 4.69) is 20.9 Å². The lowest BCUT2D eigenvalue weighted by Crippen LogP contribution is -2.42. The number of halogens is 1. The number of carbonyl (C=O) groups is 1. The maximum absolute atomic E-state index is 12.3. The maximum Gasteiger partial charge on any atom is 0.410 e. The van der Waals surface area contributed by atoms with Crippen LogP contribution in [0.1, 0.15) is 52.3 Å². The molecule has 0 spiro atoms. The van der Waals surface area contributed by atoms with Crippen molar-refractivity contribution in [3.05, 3.63) is 16.6 Å². The van der Waals surface area contributed by atoms with E-state index >= 15 is 0 Å². The van der Waals surface area contributed by atoms with Crippen LogP contribution in [-0.2, 0) is 17.4 Å². The SMILES string of the molecule is Cn1cc(Br)nc1C1(O)CCCCN(C(=O)OC(C)(C)C)CC1. The van der Waals surface area contributed by atoms with Crippen LogP contribution >= 0.6 is 15.9 Å². The van der Waals surface area contributed by atoms with Gasteiger partial charge in [0.2, 0.25) is 0 Å². The Balaban J connectivity index is 2.12. The fourth-order valence-electron chi connectivity index (χ4n) is 2.87. The van der Waals surface area contributed by atoms with Crippen molar-refractivity contribution in [1.29, 1.82) is 0 Å². The van der Waals surface area contributed by atoms with Gasteiger partial charge in [0.25, 0.3) is 0 Å². The van der Waals surface area contributed by atoms with Crippen molar-refractivity contribution < 1.29 is 14.6 Å². The number of aromatic nitrogens is 2. The highest BCUT2D eigenvalue weighted by atomic mass is 79.9. The molecule has 0 aromatic carbocycles. The number of aliphatic hydroxyl groups is 1. The minimum absolute atomic E-state index is 0.317. The second-order valence-electron chi connectivity index (χ2n) is 7.20. The zero-order valence-corrected chi connectivity index (χ0v) is 15.9. The first-order valence-corrected chi connectivity index (χ1v) is 8.80. The van der Waals surface area contributed by atoms with E-state index in [0.717, 1.165) is 12.8 Å². The Morgan fingerprint density at radius 2 is 2.04 bits per heavy atom. The number of nitrogens with zero attached hydrogens (tertiary/aromatic N) is 3. The number of aryl methyl sites for hydroxylation is 1. The molecule has 1 N–H and O–H groups in total. The molecule has 1 aromatic rings. The molecule has 1 aliphatic heterocycles. The van der Waals surface area contributed by atoms with Crippen LogP contribution in [0.15, 0.2) is 10.8 Å². The molecule has 1 amide bonds. The molecule has 0 aliphatic carbocycles. The summed E-state index contributed by atoms with van der Waals surface area (Å²) >= 11 is 3.35. The van der Waals surface area contributed by atoms with Crippen LogP contribution in [0.5, 0.6) is 0 Å². The van der Waals surface area contributed by atoms with Gasteiger partial charge in [-0.05, 0) is 56.0 Å². The minimum atomic E-state index is -1.03. The summed E-state index contributed by atoms with van der Waals surface area (Å²) in [4.78, 5) is 18.4. The lowest BCUT2D eigenvalue weighted by molar-refractivity contribution is -0.0196. The summed E-state index contributed by atoms with van der Waals surface area (Å²) in [7, 11) is 1.87. The molecule has 1 atom stereocenters. The highest BCUT2D eigenvalue weighted by Gasteiger charge is 2.36. The van der Waals surface area contributed by atoms with Gasteiger partial charge in [0, 0.05) is 32.8 Å². The number of ether oxygens (including phenoxy) is 1. The first-order chi connectivity index (χ1) is 10.6. The van der Waals surface area contributed by atoms with Crippen molar-refractivity contribution in [2.75, 3.05) is 13.1 Å². The molecule has 1 unspecified atom stereocenters. The van der Waals surface area contributed by atoms with Crippen LogP contribution in [0, 0.1) is 0 Å². The number of hydrogen-bond acceptors (Lipinski definition) is 4. The summed E-state index contributed by atoms with van der Waals surface area (Å²) in [5, 5.41) is 11.1. The van der Waals surface area contributed by atoms with E-state index in [9.17, 15) is 9.90 Å². The number of likely N-dealkylation sites (tertiary alicyclic amines) is 1. The van der Waals surface area contributed by atoms with Crippen molar-refractivity contribution >= 4 is 22.0 Å². The van der Waals surface area contributed by atoms with Gasteiger partial charge in [0.15, 0.2) is 0 Å². The zero-order valence-electron chi connectivity index (χ0n) is 14.3. The molecule has 2 heterocycles. The van der Waals surface area contributed by atoms with Gasteiger partial charge in [-0.2, -0.15) is 0 Å². The smallest absolute Gasteiger partial charge is 0.410 e. The van der Waals surface area contributed by atoms with Crippen LogP contribution in [0.3, 0.4) is 0 Å². The van der Waals surface area contributed by atoms with E-state index in [0.29, 0.717) is 36.4 Å². The quantitative estimate of drug-likeness (QED) is 0.803. The van der Waals surface area contributed by atoms with E-state index in [4.69, 9.17) is 4.74 Å². The Hall–Kier alpha value is -1.08. The van der Waals surface area contributed by atoms with E-state index < -0.39 is 11.2 Å². The van der Waals surface area contributed by atoms with Crippen LogP contribution in [0.4, 0.5) is 4.79 Å². The Kier molecular flexibility index (Phi) is 5.41. The average Bonchev–Trinajstić information content (AvgIpc) is 2.72. The standard InChI is InChI=1S/C16H26BrN3O3/c1-15(2,3)23-14(21)20-9-6-5-7-16(22,8-10-20)13-18-12(17)11-19(13)4/h11,22H,5-10H2,1-4H3. The molecule has 1 fully saturated rings. The highest BCUT2D eigenvalue weighted by molar-refractivity contribution is 9.10. The predicted molar refractivity (Wildman–Crippen MR) is 91.1 cm³/mol. The molecule has 1 saturated heterocycles. The molecule has 6 nitrogen and oxygen atoms in total. The fourth-order valence-corrected chi connectivity index (χ4v) is 3.35. The van der Waals surface area contributed by atoms with Gasteiger partial charge in [-0.15, -0.1) is 0 Å². The molecule has 0 saturated carbocycles. The second-order valence-corrected chi connectivity index (χ2v) is 8.02. The summed E-state index contributed by atoms with van der Waals surface area (Å²) in [5.74, 6) is 0.635.